The molecule has 1 aromatic rings. The molecule has 1 aliphatic heterocycles. The first-order valence-electron chi connectivity index (χ1n) is 4.99. The van der Waals surface area contributed by atoms with Gasteiger partial charge in [-0.3, -0.25) is 0 Å². The normalized spacial score (nSPS) is 20.1. The Labute approximate surface area is 93.7 Å². The van der Waals surface area contributed by atoms with Crippen LogP contribution < -0.4 is 5.73 Å². The van der Waals surface area contributed by atoms with Gasteiger partial charge in [-0.2, -0.15) is 0 Å². The molecule has 0 spiro atoms. The number of hydrogen-bond donors (Lipinski definition) is 1. The summed E-state index contributed by atoms with van der Waals surface area (Å²) in [4.78, 5) is 3.63. The molecule has 0 amide bonds. The molecule has 1 atom stereocenters. The van der Waals surface area contributed by atoms with E-state index in [1.807, 2.05) is 12.1 Å². The number of hydrogen-bond acceptors (Lipinski definition) is 3. The van der Waals surface area contributed by atoms with E-state index in [2.05, 4.69) is 4.90 Å². The minimum atomic E-state index is 0.130. The van der Waals surface area contributed by atoms with Crippen LogP contribution in [0.15, 0.2) is 12.1 Å². The highest BCUT2D eigenvalue weighted by atomic mass is 35.5. The zero-order valence-corrected chi connectivity index (χ0v) is 9.65. The van der Waals surface area contributed by atoms with E-state index < -0.39 is 0 Å². The minimum Gasteiger partial charge on any atom is -0.322 e. The largest absolute Gasteiger partial charge is 0.322 e. The lowest BCUT2D eigenvalue weighted by molar-refractivity contribution is 0.317. The van der Waals surface area contributed by atoms with Crippen molar-refractivity contribution in [3.8, 4) is 0 Å². The summed E-state index contributed by atoms with van der Waals surface area (Å²) in [7, 11) is 0. The van der Waals surface area contributed by atoms with Crippen molar-refractivity contribution in [2.75, 3.05) is 19.6 Å². The molecule has 1 saturated heterocycles. The lowest BCUT2D eigenvalue weighted by atomic mass is 10.2. The Balaban J connectivity index is 1.91. The average molecular weight is 231 g/mol. The van der Waals surface area contributed by atoms with Crippen LogP contribution in [0.5, 0.6) is 0 Å². The van der Waals surface area contributed by atoms with E-state index in [-0.39, 0.29) is 6.04 Å². The van der Waals surface area contributed by atoms with Crippen molar-refractivity contribution in [3.05, 3.63) is 21.3 Å². The van der Waals surface area contributed by atoms with E-state index in [9.17, 15) is 0 Å². The fourth-order valence-electron chi connectivity index (χ4n) is 1.86. The van der Waals surface area contributed by atoms with Crippen LogP contribution in [0.4, 0.5) is 0 Å². The van der Waals surface area contributed by atoms with Gasteiger partial charge in [0.1, 0.15) is 0 Å². The SMILES string of the molecule is NC(CN1CCCC1)c1ccc(Cl)s1. The Bertz CT molecular complexity index is 294. The highest BCUT2D eigenvalue weighted by Gasteiger charge is 2.16. The highest BCUT2D eigenvalue weighted by Crippen LogP contribution is 2.26. The Kier molecular flexibility index (Phi) is 3.44. The molecule has 1 unspecified atom stereocenters. The topological polar surface area (TPSA) is 29.3 Å². The van der Waals surface area contributed by atoms with E-state index in [0.717, 1.165) is 10.9 Å². The molecule has 2 N–H and O–H groups in total. The summed E-state index contributed by atoms with van der Waals surface area (Å²) in [6, 6.07) is 4.09. The number of nitrogens with two attached hydrogens (primary N) is 1. The van der Waals surface area contributed by atoms with Gasteiger partial charge in [0.15, 0.2) is 0 Å². The molecule has 4 heteroatoms. The zero-order chi connectivity index (χ0) is 9.97. The van der Waals surface area contributed by atoms with Crippen LogP contribution >= 0.6 is 22.9 Å². The zero-order valence-electron chi connectivity index (χ0n) is 8.08. The number of halogens is 1. The maximum absolute atomic E-state index is 6.10. The fourth-order valence-corrected chi connectivity index (χ4v) is 2.91. The van der Waals surface area contributed by atoms with E-state index in [0.29, 0.717) is 0 Å². The molecule has 2 nitrogen and oxygen atoms in total. The number of thiophene rings is 1. The molecular formula is C10H15ClN2S. The Hall–Kier alpha value is -0.0900. The van der Waals surface area contributed by atoms with Crippen molar-refractivity contribution < 1.29 is 0 Å². The van der Waals surface area contributed by atoms with Gasteiger partial charge in [-0.1, -0.05) is 11.6 Å². The summed E-state index contributed by atoms with van der Waals surface area (Å²) in [6.45, 7) is 3.37. The molecule has 0 aromatic carbocycles. The summed E-state index contributed by atoms with van der Waals surface area (Å²) >= 11 is 7.46. The predicted octanol–water partition coefficient (Wildman–Crippen LogP) is 2.50. The standard InChI is InChI=1S/C10H15ClN2S/c11-10-4-3-9(14-10)8(12)7-13-5-1-2-6-13/h3-4,8H,1-2,5-7,12H2. The van der Waals surface area contributed by atoms with Crippen LogP contribution in [0.25, 0.3) is 0 Å². The van der Waals surface area contributed by atoms with Crippen molar-refractivity contribution in [2.24, 2.45) is 5.73 Å². The second-order valence-corrected chi connectivity index (χ2v) is 5.50. The van der Waals surface area contributed by atoms with Gasteiger partial charge in [0.2, 0.25) is 0 Å². The number of rotatable bonds is 3. The van der Waals surface area contributed by atoms with Crippen LogP contribution in [-0.4, -0.2) is 24.5 Å². The second kappa shape index (κ2) is 4.62. The fraction of sp³-hybridized carbons (Fsp3) is 0.600. The molecule has 0 bridgehead atoms. The smallest absolute Gasteiger partial charge is 0.0931 e. The molecule has 1 fully saturated rings. The quantitative estimate of drug-likeness (QED) is 0.865. The van der Waals surface area contributed by atoms with Crippen LogP contribution in [0, 0.1) is 0 Å². The molecular weight excluding hydrogens is 216 g/mol. The van der Waals surface area contributed by atoms with Crippen molar-refractivity contribution >= 4 is 22.9 Å². The predicted molar refractivity (Wildman–Crippen MR) is 61.9 cm³/mol. The lowest BCUT2D eigenvalue weighted by Crippen LogP contribution is -2.29. The Morgan fingerprint density at radius 2 is 2.14 bits per heavy atom. The van der Waals surface area contributed by atoms with Gasteiger partial charge in [0, 0.05) is 11.4 Å². The van der Waals surface area contributed by atoms with Gasteiger partial charge < -0.3 is 10.6 Å². The Morgan fingerprint density at radius 1 is 1.43 bits per heavy atom. The molecule has 14 heavy (non-hydrogen) atoms. The third-order valence-electron chi connectivity index (χ3n) is 2.61. The van der Waals surface area contributed by atoms with Crippen LogP contribution in [-0.2, 0) is 0 Å². The van der Waals surface area contributed by atoms with E-state index in [1.165, 1.54) is 30.8 Å². The van der Waals surface area contributed by atoms with Crippen LogP contribution in [0.2, 0.25) is 4.34 Å². The molecule has 0 saturated carbocycles. The van der Waals surface area contributed by atoms with E-state index in [4.69, 9.17) is 17.3 Å². The summed E-state index contributed by atoms with van der Waals surface area (Å²) < 4.78 is 0.830. The lowest BCUT2D eigenvalue weighted by Gasteiger charge is -2.18. The molecule has 1 aliphatic rings. The highest BCUT2D eigenvalue weighted by molar-refractivity contribution is 7.16. The summed E-state index contributed by atoms with van der Waals surface area (Å²) in [6.07, 6.45) is 2.63. The maximum atomic E-state index is 6.10. The van der Waals surface area contributed by atoms with Crippen molar-refractivity contribution in [2.45, 2.75) is 18.9 Å². The summed E-state index contributed by atoms with van der Waals surface area (Å²) in [5, 5.41) is 0. The third kappa shape index (κ3) is 2.48. The van der Waals surface area contributed by atoms with Gasteiger partial charge in [0.05, 0.1) is 10.4 Å². The summed E-state index contributed by atoms with van der Waals surface area (Å²) in [5.41, 5.74) is 6.10. The average Bonchev–Trinajstić information content (AvgIpc) is 2.75. The van der Waals surface area contributed by atoms with Gasteiger partial charge in [-0.25, -0.2) is 0 Å². The minimum absolute atomic E-state index is 0.130. The Morgan fingerprint density at radius 3 is 2.71 bits per heavy atom. The van der Waals surface area contributed by atoms with Gasteiger partial charge in [-0.15, -0.1) is 11.3 Å². The second-order valence-electron chi connectivity index (χ2n) is 3.76. The monoisotopic (exact) mass is 230 g/mol. The first-order valence-corrected chi connectivity index (χ1v) is 6.18. The van der Waals surface area contributed by atoms with E-state index >= 15 is 0 Å². The molecule has 2 heterocycles. The van der Waals surface area contributed by atoms with Crippen molar-refractivity contribution in [3.63, 3.8) is 0 Å². The first-order chi connectivity index (χ1) is 6.75. The molecule has 1 aromatic heterocycles. The van der Waals surface area contributed by atoms with Gasteiger partial charge >= 0.3 is 0 Å². The molecule has 0 aliphatic carbocycles. The number of likely N-dealkylation sites (tertiary alicyclic amines) is 1. The maximum Gasteiger partial charge on any atom is 0.0931 e. The molecule has 78 valence electrons. The van der Waals surface area contributed by atoms with Crippen molar-refractivity contribution in [1.29, 1.82) is 0 Å². The third-order valence-corrected chi connectivity index (χ3v) is 3.98. The van der Waals surface area contributed by atoms with Gasteiger partial charge in [-0.05, 0) is 38.1 Å². The summed E-state index contributed by atoms with van der Waals surface area (Å²) in [5.74, 6) is 0. The van der Waals surface area contributed by atoms with Gasteiger partial charge in [0.25, 0.3) is 0 Å². The molecule has 2 rings (SSSR count). The number of nitrogens with zero attached hydrogens (tertiary/aromatic N) is 1. The van der Waals surface area contributed by atoms with Crippen LogP contribution in [0.3, 0.4) is 0 Å². The van der Waals surface area contributed by atoms with Crippen LogP contribution in [0.1, 0.15) is 23.8 Å². The van der Waals surface area contributed by atoms with Crippen molar-refractivity contribution in [1.82, 2.24) is 4.90 Å². The molecule has 0 radical (unpaired) electrons. The first kappa shape index (κ1) is 10.4. The van der Waals surface area contributed by atoms with E-state index in [1.54, 1.807) is 11.3 Å².